The summed E-state index contributed by atoms with van der Waals surface area (Å²) < 4.78 is 41.1. The summed E-state index contributed by atoms with van der Waals surface area (Å²) in [5.74, 6) is 0.957. The standard InChI is InChI=1S/C25H36F3N7/c1-3-35-16-10-13-19(35)17-29-22-31-23(30-18-11-6-4-5-7-12-18)33-24(32-22)34(2)21-15-9-8-14-20(21)25(26,27)28/h8-9,14-15,18-19H,3-7,10-13,16-17H2,1-2H3,(H2,29,30,31,32,33). The number of hydrogen-bond acceptors (Lipinski definition) is 7. The van der Waals surface area contributed by atoms with Crippen LogP contribution in [-0.2, 0) is 6.18 Å². The Balaban J connectivity index is 1.61. The predicted molar refractivity (Wildman–Crippen MR) is 133 cm³/mol. The first-order valence-corrected chi connectivity index (χ1v) is 12.8. The fraction of sp³-hybridized carbons (Fsp3) is 0.640. The van der Waals surface area contributed by atoms with Gasteiger partial charge in [-0.1, -0.05) is 44.7 Å². The van der Waals surface area contributed by atoms with Crippen molar-refractivity contribution in [1.29, 1.82) is 0 Å². The lowest BCUT2D eigenvalue weighted by Gasteiger charge is -2.25. The van der Waals surface area contributed by atoms with Crippen LogP contribution in [0.1, 0.15) is 63.9 Å². The van der Waals surface area contributed by atoms with E-state index in [1.54, 1.807) is 13.1 Å². The molecule has 1 saturated heterocycles. The molecule has 2 fully saturated rings. The van der Waals surface area contributed by atoms with Gasteiger partial charge >= 0.3 is 6.18 Å². The van der Waals surface area contributed by atoms with Gasteiger partial charge in [0.05, 0.1) is 11.3 Å². The highest BCUT2D eigenvalue weighted by Gasteiger charge is 2.35. The number of rotatable bonds is 8. The molecule has 192 valence electrons. The van der Waals surface area contributed by atoms with Crippen LogP contribution >= 0.6 is 0 Å². The van der Waals surface area contributed by atoms with E-state index in [4.69, 9.17) is 0 Å². The Kier molecular flexibility index (Phi) is 8.30. The second-order valence-electron chi connectivity index (χ2n) is 9.49. The Labute approximate surface area is 205 Å². The van der Waals surface area contributed by atoms with Gasteiger partial charge in [0.1, 0.15) is 0 Å². The highest BCUT2D eigenvalue weighted by atomic mass is 19.4. The number of alkyl halides is 3. The number of para-hydroxylation sites is 1. The van der Waals surface area contributed by atoms with Gasteiger partial charge in [0.15, 0.2) is 0 Å². The molecule has 0 amide bonds. The molecule has 1 unspecified atom stereocenters. The van der Waals surface area contributed by atoms with Gasteiger partial charge in [0.25, 0.3) is 0 Å². The topological polar surface area (TPSA) is 69.2 Å². The Morgan fingerprint density at radius 3 is 2.40 bits per heavy atom. The minimum Gasteiger partial charge on any atom is -0.352 e. The normalized spacial score (nSPS) is 20.0. The molecule has 1 atom stereocenters. The molecule has 1 saturated carbocycles. The fourth-order valence-electron chi connectivity index (χ4n) is 5.13. The number of nitrogens with one attached hydrogen (secondary N) is 2. The molecule has 0 spiro atoms. The van der Waals surface area contributed by atoms with Crippen LogP contribution in [0.2, 0.25) is 0 Å². The first-order chi connectivity index (χ1) is 16.8. The van der Waals surface area contributed by atoms with E-state index in [0.717, 1.165) is 57.7 Å². The molecular weight excluding hydrogens is 455 g/mol. The molecule has 2 aliphatic rings. The molecular formula is C25H36F3N7. The SMILES string of the molecule is CCN1CCCC1CNc1nc(NC2CCCCCC2)nc(N(C)c2ccccc2C(F)(F)F)n1. The summed E-state index contributed by atoms with van der Waals surface area (Å²) in [6.45, 7) is 4.90. The molecule has 4 rings (SSSR count). The quantitative estimate of drug-likeness (QED) is 0.460. The van der Waals surface area contributed by atoms with Crippen molar-refractivity contribution >= 4 is 23.5 Å². The molecule has 0 radical (unpaired) electrons. The van der Waals surface area contributed by atoms with Crippen LogP contribution in [0.15, 0.2) is 24.3 Å². The number of benzene rings is 1. The summed E-state index contributed by atoms with van der Waals surface area (Å²) in [5, 5.41) is 6.78. The van der Waals surface area contributed by atoms with Crippen LogP contribution in [0.3, 0.4) is 0 Å². The van der Waals surface area contributed by atoms with Crippen molar-refractivity contribution in [2.75, 3.05) is 42.2 Å². The van der Waals surface area contributed by atoms with Crippen molar-refractivity contribution in [3.8, 4) is 0 Å². The minimum absolute atomic E-state index is 0.00511. The van der Waals surface area contributed by atoms with Crippen LogP contribution in [-0.4, -0.2) is 58.6 Å². The summed E-state index contributed by atoms with van der Waals surface area (Å²) in [5.41, 5.74) is -0.717. The average molecular weight is 492 g/mol. The zero-order valence-corrected chi connectivity index (χ0v) is 20.6. The second kappa shape index (κ2) is 11.4. The molecule has 2 N–H and O–H groups in total. The van der Waals surface area contributed by atoms with Crippen molar-refractivity contribution < 1.29 is 13.2 Å². The number of anilines is 4. The van der Waals surface area contributed by atoms with Crippen molar-refractivity contribution in [2.45, 2.75) is 76.6 Å². The van der Waals surface area contributed by atoms with Crippen molar-refractivity contribution in [1.82, 2.24) is 19.9 Å². The molecule has 1 aliphatic carbocycles. The third-order valence-electron chi connectivity index (χ3n) is 7.08. The Morgan fingerprint density at radius 2 is 1.69 bits per heavy atom. The predicted octanol–water partition coefficient (Wildman–Crippen LogP) is 5.69. The third kappa shape index (κ3) is 6.54. The van der Waals surface area contributed by atoms with Crippen molar-refractivity contribution in [3.63, 3.8) is 0 Å². The number of halogens is 3. The Bertz CT molecular complexity index is 960. The molecule has 2 heterocycles. The van der Waals surface area contributed by atoms with Gasteiger partial charge in [-0.2, -0.15) is 28.1 Å². The van der Waals surface area contributed by atoms with Crippen LogP contribution in [0.4, 0.5) is 36.7 Å². The van der Waals surface area contributed by atoms with Gasteiger partial charge in [-0.15, -0.1) is 0 Å². The average Bonchev–Trinajstić information content (AvgIpc) is 3.16. The van der Waals surface area contributed by atoms with Crippen LogP contribution in [0, 0.1) is 0 Å². The molecule has 1 aromatic heterocycles. The van der Waals surface area contributed by atoms with E-state index in [9.17, 15) is 13.2 Å². The molecule has 7 nitrogen and oxygen atoms in total. The zero-order chi connectivity index (χ0) is 24.8. The van der Waals surface area contributed by atoms with E-state index in [2.05, 4.69) is 37.4 Å². The maximum Gasteiger partial charge on any atom is 0.418 e. The number of aromatic nitrogens is 3. The Hall–Kier alpha value is -2.62. The second-order valence-corrected chi connectivity index (χ2v) is 9.49. The van der Waals surface area contributed by atoms with Gasteiger partial charge in [0.2, 0.25) is 17.8 Å². The summed E-state index contributed by atoms with van der Waals surface area (Å²) in [6, 6.07) is 6.14. The van der Waals surface area contributed by atoms with Crippen molar-refractivity contribution in [2.24, 2.45) is 0 Å². The number of nitrogens with zero attached hydrogens (tertiary/aromatic N) is 5. The van der Waals surface area contributed by atoms with Gasteiger partial charge in [-0.25, -0.2) is 0 Å². The van der Waals surface area contributed by atoms with Crippen molar-refractivity contribution in [3.05, 3.63) is 29.8 Å². The molecule has 2 aromatic rings. The van der Waals surface area contributed by atoms with E-state index >= 15 is 0 Å². The maximum absolute atomic E-state index is 13.7. The molecule has 35 heavy (non-hydrogen) atoms. The fourth-order valence-corrected chi connectivity index (χ4v) is 5.13. The summed E-state index contributed by atoms with van der Waals surface area (Å²) >= 11 is 0. The van der Waals surface area contributed by atoms with Gasteiger partial charge in [-0.05, 0) is 50.9 Å². The summed E-state index contributed by atoms with van der Waals surface area (Å²) in [4.78, 5) is 17.5. The maximum atomic E-state index is 13.7. The summed E-state index contributed by atoms with van der Waals surface area (Å²) in [7, 11) is 1.56. The first-order valence-electron chi connectivity index (χ1n) is 12.8. The van der Waals surface area contributed by atoms with E-state index < -0.39 is 11.7 Å². The van der Waals surface area contributed by atoms with Crippen LogP contribution in [0.5, 0.6) is 0 Å². The molecule has 10 heteroatoms. The van der Waals surface area contributed by atoms with Gasteiger partial charge in [0, 0.05) is 25.7 Å². The number of likely N-dealkylation sites (tertiary alicyclic amines) is 1. The minimum atomic E-state index is -4.48. The highest BCUT2D eigenvalue weighted by molar-refractivity contribution is 5.63. The lowest BCUT2D eigenvalue weighted by atomic mass is 10.1. The monoisotopic (exact) mass is 491 g/mol. The lowest BCUT2D eigenvalue weighted by Crippen LogP contribution is -2.35. The van der Waals surface area contributed by atoms with Crippen LogP contribution < -0.4 is 15.5 Å². The highest BCUT2D eigenvalue weighted by Crippen LogP contribution is 2.38. The zero-order valence-electron chi connectivity index (χ0n) is 20.6. The Morgan fingerprint density at radius 1 is 0.971 bits per heavy atom. The van der Waals surface area contributed by atoms with Gasteiger partial charge < -0.3 is 15.5 Å². The number of hydrogen-bond donors (Lipinski definition) is 2. The van der Waals surface area contributed by atoms with Gasteiger partial charge in [-0.3, -0.25) is 4.90 Å². The van der Waals surface area contributed by atoms with E-state index in [-0.39, 0.29) is 17.7 Å². The third-order valence-corrected chi connectivity index (χ3v) is 7.08. The van der Waals surface area contributed by atoms with E-state index in [0.29, 0.717) is 24.5 Å². The lowest BCUT2D eigenvalue weighted by molar-refractivity contribution is -0.137. The van der Waals surface area contributed by atoms with E-state index in [1.807, 2.05) is 0 Å². The van der Waals surface area contributed by atoms with Crippen LogP contribution in [0.25, 0.3) is 0 Å². The number of likely N-dealkylation sites (N-methyl/N-ethyl adjacent to an activating group) is 1. The molecule has 1 aliphatic heterocycles. The molecule has 0 bridgehead atoms. The summed E-state index contributed by atoms with van der Waals surface area (Å²) in [6.07, 6.45) is 4.58. The first kappa shape index (κ1) is 25.5. The molecule has 1 aromatic carbocycles. The largest absolute Gasteiger partial charge is 0.418 e. The van der Waals surface area contributed by atoms with E-state index in [1.165, 1.54) is 29.9 Å². The smallest absolute Gasteiger partial charge is 0.352 e.